The Morgan fingerprint density at radius 2 is 1.92 bits per heavy atom. The molecule has 0 spiro atoms. The van der Waals surface area contributed by atoms with Crippen LogP contribution in [0.4, 0.5) is 5.13 Å². The van der Waals surface area contributed by atoms with Gasteiger partial charge in [-0.25, -0.2) is 4.98 Å². The highest BCUT2D eigenvalue weighted by Crippen LogP contribution is 2.30. The Morgan fingerprint density at radius 3 is 2.52 bits per heavy atom. The number of carbonyl (C=O) groups excluding carboxylic acids is 3. The number of fused-ring (bicyclic) bond motifs is 1. The maximum absolute atomic E-state index is 12.6. The number of nitrogens with one attached hydrogen (secondary N) is 1. The molecule has 25 heavy (non-hydrogen) atoms. The van der Waals surface area contributed by atoms with E-state index in [1.54, 1.807) is 26.2 Å². The number of hydrogen-bond donors (Lipinski definition) is 1. The van der Waals surface area contributed by atoms with Gasteiger partial charge in [0.05, 0.1) is 22.7 Å². The molecular weight excluding hydrogens is 362 g/mol. The van der Waals surface area contributed by atoms with Crippen LogP contribution >= 0.6 is 22.9 Å². The number of carbonyl (C=O) groups is 3. The molecule has 2 aromatic rings. The Morgan fingerprint density at radius 1 is 1.24 bits per heavy atom. The van der Waals surface area contributed by atoms with Crippen molar-refractivity contribution in [3.8, 4) is 0 Å². The van der Waals surface area contributed by atoms with Crippen LogP contribution in [0.15, 0.2) is 23.6 Å². The number of hydrogen-bond acceptors (Lipinski definition) is 5. The van der Waals surface area contributed by atoms with Crippen LogP contribution < -0.4 is 5.32 Å². The molecule has 6 nitrogen and oxygen atoms in total. The van der Waals surface area contributed by atoms with E-state index >= 15 is 0 Å². The van der Waals surface area contributed by atoms with Crippen molar-refractivity contribution >= 4 is 45.8 Å². The van der Waals surface area contributed by atoms with Gasteiger partial charge in [0.1, 0.15) is 0 Å². The second-order valence-corrected chi connectivity index (χ2v) is 7.73. The van der Waals surface area contributed by atoms with E-state index in [1.165, 1.54) is 34.4 Å². The summed E-state index contributed by atoms with van der Waals surface area (Å²) >= 11 is 6.97. The summed E-state index contributed by atoms with van der Waals surface area (Å²) in [5, 5.41) is 4.86. The van der Waals surface area contributed by atoms with Crippen molar-refractivity contribution in [3.63, 3.8) is 0 Å². The van der Waals surface area contributed by atoms with Gasteiger partial charge in [0.2, 0.25) is 0 Å². The smallest absolute Gasteiger partial charge is 0.262 e. The van der Waals surface area contributed by atoms with Crippen molar-refractivity contribution in [1.82, 2.24) is 9.88 Å². The summed E-state index contributed by atoms with van der Waals surface area (Å²) in [7, 11) is 0. The molecule has 8 heteroatoms. The molecule has 0 atom stereocenters. The maximum Gasteiger partial charge on any atom is 0.262 e. The molecule has 2 heterocycles. The number of nitrogens with zero attached hydrogens (tertiary/aromatic N) is 2. The number of aromatic nitrogens is 1. The van der Waals surface area contributed by atoms with E-state index in [0.717, 1.165) is 0 Å². The van der Waals surface area contributed by atoms with Crippen molar-refractivity contribution in [2.75, 3.05) is 5.32 Å². The van der Waals surface area contributed by atoms with Gasteiger partial charge in [0, 0.05) is 16.5 Å². The maximum atomic E-state index is 12.6. The third-order valence-corrected chi connectivity index (χ3v) is 4.81. The molecule has 0 fully saturated rings. The lowest BCUT2D eigenvalue weighted by Crippen LogP contribution is -2.45. The molecule has 0 unspecified atom stereocenters. The Hall–Kier alpha value is -2.25. The SMILES string of the molecule is CC(C)(C)N1C(=O)c2ccc(C(=O)Nc3nc(CCl)cs3)cc2C1=O. The van der Waals surface area contributed by atoms with E-state index in [-0.39, 0.29) is 23.3 Å². The third kappa shape index (κ3) is 3.17. The first kappa shape index (κ1) is 17.6. The number of benzene rings is 1. The zero-order valence-electron chi connectivity index (χ0n) is 13.9. The van der Waals surface area contributed by atoms with E-state index in [0.29, 0.717) is 22.0 Å². The van der Waals surface area contributed by atoms with Crippen molar-refractivity contribution in [2.45, 2.75) is 32.2 Å². The zero-order chi connectivity index (χ0) is 18.4. The lowest BCUT2D eigenvalue weighted by Gasteiger charge is -2.29. The number of rotatable bonds is 3. The molecule has 1 aromatic heterocycles. The average molecular weight is 378 g/mol. The predicted molar refractivity (Wildman–Crippen MR) is 96.3 cm³/mol. The summed E-state index contributed by atoms with van der Waals surface area (Å²) in [6, 6.07) is 4.50. The van der Waals surface area contributed by atoms with Gasteiger partial charge < -0.3 is 0 Å². The fourth-order valence-corrected chi connectivity index (χ4v) is 3.52. The lowest BCUT2D eigenvalue weighted by molar-refractivity contribution is 0.0507. The number of thiazole rings is 1. The molecule has 0 saturated heterocycles. The molecule has 0 radical (unpaired) electrons. The third-order valence-electron chi connectivity index (χ3n) is 3.73. The second kappa shape index (κ2) is 6.24. The van der Waals surface area contributed by atoms with E-state index in [2.05, 4.69) is 10.3 Å². The van der Waals surface area contributed by atoms with Gasteiger partial charge in [-0.3, -0.25) is 24.6 Å². The molecule has 1 aliphatic heterocycles. The zero-order valence-corrected chi connectivity index (χ0v) is 15.5. The van der Waals surface area contributed by atoms with Gasteiger partial charge in [0.15, 0.2) is 5.13 Å². The molecule has 1 aromatic carbocycles. The van der Waals surface area contributed by atoms with Crippen LogP contribution in [0.3, 0.4) is 0 Å². The second-order valence-electron chi connectivity index (χ2n) is 6.61. The highest BCUT2D eigenvalue weighted by Gasteiger charge is 2.42. The Kier molecular flexibility index (Phi) is 4.38. The largest absolute Gasteiger partial charge is 0.298 e. The van der Waals surface area contributed by atoms with Crippen molar-refractivity contribution in [3.05, 3.63) is 46.0 Å². The predicted octanol–water partition coefficient (Wildman–Crippen LogP) is 3.53. The summed E-state index contributed by atoms with van der Waals surface area (Å²) in [4.78, 5) is 42.8. The lowest BCUT2D eigenvalue weighted by atomic mass is 10.1. The Labute approximate surface area is 153 Å². The van der Waals surface area contributed by atoms with Gasteiger partial charge in [0.25, 0.3) is 17.7 Å². The fourth-order valence-electron chi connectivity index (χ4n) is 2.59. The van der Waals surface area contributed by atoms with Crippen LogP contribution in [-0.2, 0) is 5.88 Å². The number of halogens is 1. The molecule has 3 amide bonds. The monoisotopic (exact) mass is 377 g/mol. The first-order chi connectivity index (χ1) is 11.7. The number of imide groups is 1. The van der Waals surface area contributed by atoms with Crippen molar-refractivity contribution < 1.29 is 14.4 Å². The minimum absolute atomic E-state index is 0.244. The van der Waals surface area contributed by atoms with Crippen LogP contribution in [-0.4, -0.2) is 33.1 Å². The molecule has 1 aliphatic rings. The first-order valence-corrected chi connectivity index (χ1v) is 8.98. The summed E-state index contributed by atoms with van der Waals surface area (Å²) < 4.78 is 0. The van der Waals surface area contributed by atoms with E-state index in [1.807, 2.05) is 0 Å². The van der Waals surface area contributed by atoms with Gasteiger partial charge >= 0.3 is 0 Å². The summed E-state index contributed by atoms with van der Waals surface area (Å²) in [6.07, 6.45) is 0. The molecular formula is C17H16ClN3O3S. The van der Waals surface area contributed by atoms with Crippen LogP contribution in [0, 0.1) is 0 Å². The summed E-state index contributed by atoms with van der Waals surface area (Å²) in [6.45, 7) is 5.37. The van der Waals surface area contributed by atoms with Crippen molar-refractivity contribution in [2.24, 2.45) is 0 Å². The Bertz CT molecular complexity index is 886. The molecule has 130 valence electrons. The minimum atomic E-state index is -0.630. The van der Waals surface area contributed by atoms with E-state index in [4.69, 9.17) is 11.6 Å². The molecule has 3 rings (SSSR count). The average Bonchev–Trinajstić information content (AvgIpc) is 3.09. The molecule has 0 saturated carbocycles. The molecule has 0 bridgehead atoms. The van der Waals surface area contributed by atoms with Gasteiger partial charge in [-0.1, -0.05) is 0 Å². The highest BCUT2D eigenvalue weighted by atomic mass is 35.5. The van der Waals surface area contributed by atoms with E-state index in [9.17, 15) is 14.4 Å². The first-order valence-electron chi connectivity index (χ1n) is 7.57. The standard InChI is InChI=1S/C17H16ClN3O3S/c1-17(2,3)21-14(23)11-5-4-9(6-12(11)15(21)24)13(22)20-16-19-10(7-18)8-25-16/h4-6,8H,7H2,1-3H3,(H,19,20,22). The number of alkyl halides is 1. The normalized spacial score (nSPS) is 14.0. The number of amides is 3. The summed E-state index contributed by atoms with van der Waals surface area (Å²) in [5.74, 6) is -0.857. The highest BCUT2D eigenvalue weighted by molar-refractivity contribution is 7.14. The van der Waals surface area contributed by atoms with Gasteiger partial charge in [-0.2, -0.15) is 0 Å². The van der Waals surface area contributed by atoms with Crippen molar-refractivity contribution in [1.29, 1.82) is 0 Å². The molecule has 1 N–H and O–H groups in total. The summed E-state index contributed by atoms with van der Waals surface area (Å²) in [5.41, 5.74) is 0.896. The Balaban J connectivity index is 1.87. The quantitative estimate of drug-likeness (QED) is 0.655. The van der Waals surface area contributed by atoms with Crippen LogP contribution in [0.25, 0.3) is 0 Å². The van der Waals surface area contributed by atoms with Gasteiger partial charge in [-0.15, -0.1) is 22.9 Å². The topological polar surface area (TPSA) is 79.4 Å². The fraction of sp³-hybridized carbons (Fsp3) is 0.294. The number of anilines is 1. The van der Waals surface area contributed by atoms with E-state index < -0.39 is 11.4 Å². The minimum Gasteiger partial charge on any atom is -0.298 e. The van der Waals surface area contributed by atoms with Crippen LogP contribution in [0.5, 0.6) is 0 Å². The van der Waals surface area contributed by atoms with Crippen LogP contribution in [0.1, 0.15) is 57.5 Å². The van der Waals surface area contributed by atoms with Gasteiger partial charge in [-0.05, 0) is 39.0 Å². The van der Waals surface area contributed by atoms with Crippen LogP contribution in [0.2, 0.25) is 0 Å². The molecule has 0 aliphatic carbocycles.